The zero-order valence-electron chi connectivity index (χ0n) is 23.3. The van der Waals surface area contributed by atoms with Crippen LogP contribution in [0.3, 0.4) is 0 Å². The highest BCUT2D eigenvalue weighted by atomic mass is 32.1. The van der Waals surface area contributed by atoms with Gasteiger partial charge in [0.1, 0.15) is 12.4 Å². The molecule has 1 aromatic carbocycles. The average molecular weight is 584 g/mol. The first-order valence-electron chi connectivity index (χ1n) is 13.5. The Bertz CT molecular complexity index is 1270. The van der Waals surface area contributed by atoms with Crippen LogP contribution in [-0.4, -0.2) is 48.4 Å². The van der Waals surface area contributed by atoms with Gasteiger partial charge in [0, 0.05) is 24.1 Å². The summed E-state index contributed by atoms with van der Waals surface area (Å²) in [5, 5.41) is 4.01. The Labute approximate surface area is 235 Å². The molecule has 0 radical (unpaired) electrons. The number of oxime groups is 1. The second-order valence-corrected chi connectivity index (χ2v) is 12.1. The van der Waals surface area contributed by atoms with E-state index in [1.54, 1.807) is 6.92 Å². The van der Waals surface area contributed by atoms with E-state index in [2.05, 4.69) is 10.1 Å². The highest BCUT2D eigenvalue weighted by molar-refractivity contribution is 7.09. The molecule has 2 aliphatic rings. The Morgan fingerprint density at radius 3 is 2.55 bits per heavy atom. The van der Waals surface area contributed by atoms with Crippen LogP contribution in [0.4, 0.5) is 13.2 Å². The van der Waals surface area contributed by atoms with Crippen LogP contribution in [0, 0.1) is 0 Å². The molecule has 1 amide bonds. The molecule has 0 N–H and O–H groups in total. The van der Waals surface area contributed by atoms with Crippen LogP contribution >= 0.6 is 11.3 Å². The normalized spacial score (nSPS) is 21.1. The molecule has 1 aromatic heterocycles. The number of nitrogens with zero attached hydrogens (tertiary/aromatic N) is 3. The van der Waals surface area contributed by atoms with E-state index in [0.29, 0.717) is 30.3 Å². The molecule has 12 heteroatoms. The minimum atomic E-state index is -4.64. The molecule has 0 spiro atoms. The number of carbonyl (C=O) groups is 1. The number of alkyl halides is 3. The summed E-state index contributed by atoms with van der Waals surface area (Å²) in [5.41, 5.74) is -1.01. The molecule has 40 heavy (non-hydrogen) atoms. The minimum absolute atomic E-state index is 0.00702. The maximum atomic E-state index is 13.6. The maximum absolute atomic E-state index is 13.6. The molecule has 2 aromatic rings. The van der Waals surface area contributed by atoms with Crippen molar-refractivity contribution in [2.75, 3.05) is 19.8 Å². The molecule has 8 nitrogen and oxygen atoms in total. The second-order valence-electron chi connectivity index (χ2n) is 11.1. The fourth-order valence-electron chi connectivity index (χ4n) is 4.25. The zero-order valence-corrected chi connectivity index (χ0v) is 24.1. The number of benzene rings is 1. The summed E-state index contributed by atoms with van der Waals surface area (Å²) in [6, 6.07) is 2.80. The van der Waals surface area contributed by atoms with Gasteiger partial charge >= 0.3 is 6.18 Å². The molecule has 0 bridgehead atoms. The van der Waals surface area contributed by atoms with E-state index in [1.807, 2.05) is 31.5 Å². The van der Waals surface area contributed by atoms with Crippen LogP contribution in [0.15, 0.2) is 34.5 Å². The third-order valence-corrected chi connectivity index (χ3v) is 7.96. The van der Waals surface area contributed by atoms with Crippen molar-refractivity contribution < 1.29 is 37.0 Å². The quantitative estimate of drug-likeness (QED) is 0.278. The summed E-state index contributed by atoms with van der Waals surface area (Å²) in [4.78, 5) is 24.5. The fraction of sp³-hybridized carbons (Fsp3) is 0.607. The van der Waals surface area contributed by atoms with Gasteiger partial charge in [0.15, 0.2) is 4.80 Å². The van der Waals surface area contributed by atoms with Crippen LogP contribution in [0.1, 0.15) is 80.6 Å². The predicted octanol–water partition coefficient (Wildman–Crippen LogP) is 6.08. The van der Waals surface area contributed by atoms with E-state index in [0.717, 1.165) is 55.2 Å². The molecule has 220 valence electrons. The van der Waals surface area contributed by atoms with E-state index in [9.17, 15) is 18.0 Å². The smallest absolute Gasteiger partial charge is 0.416 e. The average Bonchev–Trinajstić information content (AvgIpc) is 3.56. The van der Waals surface area contributed by atoms with Crippen LogP contribution < -0.4 is 9.54 Å². The van der Waals surface area contributed by atoms with Gasteiger partial charge in [-0.25, -0.2) is 0 Å². The van der Waals surface area contributed by atoms with Gasteiger partial charge in [-0.1, -0.05) is 25.9 Å². The summed E-state index contributed by atoms with van der Waals surface area (Å²) in [6.07, 6.45) is 1.39. The molecule has 0 saturated carbocycles. The van der Waals surface area contributed by atoms with Crippen LogP contribution in [0.2, 0.25) is 0 Å². The standard InChI is InChI=1S/C28H36F3N3O5S/c1-18(33-39-24-9-5-6-12-37-24)17-38-22-11-10-19(28(29,30)31)14-21(22)25(35)32-26-34(15-20-8-7-13-36-20)16-23(40-26)27(2,3)4/h10-11,14,16,20,24H,5-9,12-13,15,17H2,1-4H3/b32-26?,33-18-/t20-,24?/m1/s1. The van der Waals surface area contributed by atoms with E-state index < -0.39 is 23.9 Å². The molecule has 1 unspecified atom stereocenters. The number of ether oxygens (including phenoxy) is 3. The van der Waals surface area contributed by atoms with E-state index in [4.69, 9.17) is 19.0 Å². The van der Waals surface area contributed by atoms with Gasteiger partial charge in [-0.2, -0.15) is 18.2 Å². The van der Waals surface area contributed by atoms with Crippen molar-refractivity contribution in [3.63, 3.8) is 0 Å². The van der Waals surface area contributed by atoms with Crippen molar-refractivity contribution in [2.24, 2.45) is 10.1 Å². The highest BCUT2D eigenvalue weighted by Gasteiger charge is 2.32. The summed E-state index contributed by atoms with van der Waals surface area (Å²) in [7, 11) is 0. The highest BCUT2D eigenvalue weighted by Crippen LogP contribution is 2.33. The Balaban J connectivity index is 1.61. The largest absolute Gasteiger partial charge is 0.487 e. The van der Waals surface area contributed by atoms with Gasteiger partial charge in [0.05, 0.1) is 36.1 Å². The number of halogens is 3. The lowest BCUT2D eigenvalue weighted by Gasteiger charge is -2.20. The first-order chi connectivity index (χ1) is 18.9. The van der Waals surface area contributed by atoms with E-state index in [1.165, 1.54) is 11.3 Å². The summed E-state index contributed by atoms with van der Waals surface area (Å²) in [5.74, 6) is -0.852. The van der Waals surface area contributed by atoms with Crippen LogP contribution in [-0.2, 0) is 32.4 Å². The molecule has 0 aliphatic carbocycles. The minimum Gasteiger partial charge on any atom is -0.487 e. The Morgan fingerprint density at radius 2 is 1.90 bits per heavy atom. The first kappa shape index (κ1) is 30.3. The Kier molecular flexibility index (Phi) is 9.73. The number of aromatic nitrogens is 1. The van der Waals surface area contributed by atoms with Gasteiger partial charge < -0.3 is 23.6 Å². The molecule has 3 heterocycles. The molecule has 2 atom stereocenters. The lowest BCUT2D eigenvalue weighted by molar-refractivity contribution is -0.162. The van der Waals surface area contributed by atoms with Crippen LogP contribution in [0.5, 0.6) is 5.75 Å². The molecule has 2 fully saturated rings. The Hall–Kier alpha value is -2.70. The van der Waals surface area contributed by atoms with Gasteiger partial charge in [-0.05, 0) is 56.2 Å². The molecule has 2 aliphatic heterocycles. The number of thiazole rings is 1. The van der Waals surface area contributed by atoms with Crippen molar-refractivity contribution in [1.82, 2.24) is 4.57 Å². The third-order valence-electron chi connectivity index (χ3n) is 6.52. The van der Waals surface area contributed by atoms with Crippen molar-refractivity contribution in [2.45, 2.75) is 90.3 Å². The summed E-state index contributed by atoms with van der Waals surface area (Å²) >= 11 is 1.34. The van der Waals surface area contributed by atoms with E-state index >= 15 is 0 Å². The SMILES string of the molecule is C/C(COc1ccc(C(F)(F)F)cc1C(=O)N=c1sc(C(C)(C)C)cn1C[C@H]1CCCO1)=N/OC1CCCCO1. The van der Waals surface area contributed by atoms with Crippen LogP contribution in [0.25, 0.3) is 0 Å². The number of amides is 1. The molecule has 2 saturated heterocycles. The van der Waals surface area contributed by atoms with E-state index in [-0.39, 0.29) is 29.4 Å². The third kappa shape index (κ3) is 8.17. The van der Waals surface area contributed by atoms with Crippen molar-refractivity contribution in [1.29, 1.82) is 0 Å². The number of carbonyl (C=O) groups excluding carboxylic acids is 1. The molecular formula is C28H36F3N3O5S. The second kappa shape index (κ2) is 12.9. The van der Waals surface area contributed by atoms with Gasteiger partial charge in [-0.15, -0.1) is 11.3 Å². The molecule has 4 rings (SSSR count). The number of hydrogen-bond donors (Lipinski definition) is 0. The predicted molar refractivity (Wildman–Crippen MR) is 145 cm³/mol. The molecular weight excluding hydrogens is 547 g/mol. The number of rotatable bonds is 8. The first-order valence-corrected chi connectivity index (χ1v) is 14.3. The van der Waals surface area contributed by atoms with Gasteiger partial charge in [0.2, 0.25) is 6.29 Å². The maximum Gasteiger partial charge on any atom is 0.416 e. The lowest BCUT2D eigenvalue weighted by Crippen LogP contribution is -2.24. The van der Waals surface area contributed by atoms with Crippen molar-refractivity contribution in [3.8, 4) is 5.75 Å². The zero-order chi connectivity index (χ0) is 28.9. The van der Waals surface area contributed by atoms with Gasteiger partial charge in [0.25, 0.3) is 5.91 Å². The number of hydrogen-bond acceptors (Lipinski definition) is 7. The van der Waals surface area contributed by atoms with Crippen molar-refractivity contribution >= 4 is 23.0 Å². The fourth-order valence-corrected chi connectivity index (χ4v) is 5.31. The monoisotopic (exact) mass is 583 g/mol. The van der Waals surface area contributed by atoms with Crippen molar-refractivity contribution in [3.05, 3.63) is 45.2 Å². The summed E-state index contributed by atoms with van der Waals surface area (Å²) < 4.78 is 59.5. The topological polar surface area (TPSA) is 83.6 Å². The Morgan fingerprint density at radius 1 is 1.12 bits per heavy atom. The van der Waals surface area contributed by atoms with Gasteiger partial charge in [-0.3, -0.25) is 4.79 Å². The lowest BCUT2D eigenvalue weighted by atomic mass is 9.95. The summed E-state index contributed by atoms with van der Waals surface area (Å²) in [6.45, 7) is 9.50.